The summed E-state index contributed by atoms with van der Waals surface area (Å²) >= 11 is 0. The lowest BCUT2D eigenvalue weighted by molar-refractivity contribution is -0.141. The van der Waals surface area contributed by atoms with Gasteiger partial charge in [0.1, 0.15) is 13.2 Å². The molecule has 1 aromatic carbocycles. The summed E-state index contributed by atoms with van der Waals surface area (Å²) in [4.78, 5) is 21.4. The quantitative estimate of drug-likeness (QED) is 0.442. The molecule has 1 rings (SSSR count). The van der Waals surface area contributed by atoms with Crippen LogP contribution in [0.4, 0.5) is 0 Å². The molecule has 0 atom stereocenters. The van der Waals surface area contributed by atoms with Crippen LogP contribution in [0.5, 0.6) is 11.5 Å². The fourth-order valence-electron chi connectivity index (χ4n) is 1.15. The number of carbonyl (C=O) groups is 2. The standard InChI is InChI=1S/C12H14O5/c1-9(13)15-7-8-16-11-5-3-4-6-12(11)17-10(2)14/h3-6H,7-8H2,1-2H3. The first kappa shape index (κ1) is 13.0. The first-order valence-corrected chi connectivity index (χ1v) is 5.13. The first-order chi connectivity index (χ1) is 8.09. The smallest absolute Gasteiger partial charge is 0.308 e. The number of para-hydroxylation sites is 2. The second-order valence-electron chi connectivity index (χ2n) is 3.23. The lowest BCUT2D eigenvalue weighted by Crippen LogP contribution is -2.10. The van der Waals surface area contributed by atoms with Crippen molar-refractivity contribution in [3.05, 3.63) is 24.3 Å². The molecule has 0 aliphatic heterocycles. The third-order valence-electron chi connectivity index (χ3n) is 1.75. The largest absolute Gasteiger partial charge is 0.486 e. The highest BCUT2D eigenvalue weighted by Crippen LogP contribution is 2.26. The predicted octanol–water partition coefficient (Wildman–Crippen LogP) is 1.55. The molecule has 5 heteroatoms. The maximum Gasteiger partial charge on any atom is 0.308 e. The number of rotatable bonds is 5. The zero-order valence-electron chi connectivity index (χ0n) is 9.76. The maximum absolute atomic E-state index is 10.8. The van der Waals surface area contributed by atoms with Gasteiger partial charge in [-0.25, -0.2) is 0 Å². The third kappa shape index (κ3) is 5.01. The molecule has 0 heterocycles. The molecule has 0 radical (unpaired) electrons. The van der Waals surface area contributed by atoms with Crippen molar-refractivity contribution < 1.29 is 23.8 Å². The zero-order chi connectivity index (χ0) is 12.7. The van der Waals surface area contributed by atoms with Gasteiger partial charge < -0.3 is 14.2 Å². The lowest BCUT2D eigenvalue weighted by atomic mass is 10.3. The summed E-state index contributed by atoms with van der Waals surface area (Å²) in [5.74, 6) is 0.0144. The third-order valence-corrected chi connectivity index (χ3v) is 1.75. The van der Waals surface area contributed by atoms with E-state index in [2.05, 4.69) is 0 Å². The lowest BCUT2D eigenvalue weighted by Gasteiger charge is -2.10. The molecule has 0 aliphatic rings. The van der Waals surface area contributed by atoms with E-state index in [1.54, 1.807) is 24.3 Å². The van der Waals surface area contributed by atoms with Crippen LogP contribution in [0.2, 0.25) is 0 Å². The Bertz CT molecular complexity index is 400. The minimum Gasteiger partial charge on any atom is -0.486 e. The molecule has 5 nitrogen and oxygen atoms in total. The molecule has 0 aliphatic carbocycles. The molecule has 0 aromatic heterocycles. The SMILES string of the molecule is CC(=O)OCCOc1ccccc1OC(C)=O. The van der Waals surface area contributed by atoms with E-state index in [0.717, 1.165) is 0 Å². The minimum atomic E-state index is -0.416. The van der Waals surface area contributed by atoms with Gasteiger partial charge in [-0.05, 0) is 12.1 Å². The Morgan fingerprint density at radius 2 is 1.65 bits per heavy atom. The van der Waals surface area contributed by atoms with Gasteiger partial charge in [0.2, 0.25) is 0 Å². The van der Waals surface area contributed by atoms with Crippen molar-refractivity contribution in [1.82, 2.24) is 0 Å². The van der Waals surface area contributed by atoms with Gasteiger partial charge in [-0.15, -0.1) is 0 Å². The van der Waals surface area contributed by atoms with Crippen LogP contribution in [-0.2, 0) is 14.3 Å². The van der Waals surface area contributed by atoms with Crippen LogP contribution in [0.1, 0.15) is 13.8 Å². The van der Waals surface area contributed by atoms with Crippen molar-refractivity contribution >= 4 is 11.9 Å². The average molecular weight is 238 g/mol. The Morgan fingerprint density at radius 1 is 1.00 bits per heavy atom. The van der Waals surface area contributed by atoms with Gasteiger partial charge in [-0.1, -0.05) is 12.1 Å². The number of esters is 2. The van der Waals surface area contributed by atoms with E-state index in [4.69, 9.17) is 14.2 Å². The second-order valence-corrected chi connectivity index (χ2v) is 3.23. The van der Waals surface area contributed by atoms with Crippen LogP contribution in [0.25, 0.3) is 0 Å². The summed E-state index contributed by atoms with van der Waals surface area (Å²) in [5, 5.41) is 0. The molecule has 92 valence electrons. The summed E-state index contributed by atoms with van der Waals surface area (Å²) in [6.07, 6.45) is 0. The average Bonchev–Trinajstić information content (AvgIpc) is 2.25. The van der Waals surface area contributed by atoms with Gasteiger partial charge >= 0.3 is 11.9 Å². The molecule has 0 fully saturated rings. The van der Waals surface area contributed by atoms with Crippen molar-refractivity contribution in [1.29, 1.82) is 0 Å². The van der Waals surface area contributed by atoms with Crippen molar-refractivity contribution in [3.8, 4) is 11.5 Å². The normalized spacial score (nSPS) is 9.53. The molecule has 17 heavy (non-hydrogen) atoms. The molecular weight excluding hydrogens is 224 g/mol. The topological polar surface area (TPSA) is 61.8 Å². The molecule has 0 unspecified atom stereocenters. The summed E-state index contributed by atoms with van der Waals surface area (Å²) in [6.45, 7) is 3.00. The van der Waals surface area contributed by atoms with Crippen molar-refractivity contribution in [2.75, 3.05) is 13.2 Å². The van der Waals surface area contributed by atoms with Crippen LogP contribution in [0.15, 0.2) is 24.3 Å². The number of benzene rings is 1. The van der Waals surface area contributed by atoms with Crippen molar-refractivity contribution in [3.63, 3.8) is 0 Å². The predicted molar refractivity (Wildman–Crippen MR) is 59.9 cm³/mol. The molecule has 0 saturated heterocycles. The van der Waals surface area contributed by atoms with Crippen molar-refractivity contribution in [2.24, 2.45) is 0 Å². The molecule has 0 N–H and O–H groups in total. The van der Waals surface area contributed by atoms with Crippen LogP contribution < -0.4 is 9.47 Å². The van der Waals surface area contributed by atoms with E-state index in [1.165, 1.54) is 13.8 Å². The number of carbonyl (C=O) groups excluding carboxylic acids is 2. The molecule has 0 saturated carbocycles. The molecule has 0 amide bonds. The number of hydrogen-bond donors (Lipinski definition) is 0. The number of ether oxygens (including phenoxy) is 3. The van der Waals surface area contributed by atoms with Gasteiger partial charge in [-0.2, -0.15) is 0 Å². The summed E-state index contributed by atoms with van der Waals surface area (Å²) in [7, 11) is 0. The van der Waals surface area contributed by atoms with Crippen LogP contribution >= 0.6 is 0 Å². The van der Waals surface area contributed by atoms with Gasteiger partial charge in [0, 0.05) is 13.8 Å². The first-order valence-electron chi connectivity index (χ1n) is 5.13. The Morgan fingerprint density at radius 3 is 2.24 bits per heavy atom. The molecular formula is C12H14O5. The van der Waals surface area contributed by atoms with Crippen LogP contribution in [-0.4, -0.2) is 25.2 Å². The highest BCUT2D eigenvalue weighted by Gasteiger charge is 2.06. The Hall–Kier alpha value is -2.04. The van der Waals surface area contributed by atoms with Crippen molar-refractivity contribution in [2.45, 2.75) is 13.8 Å². The molecule has 0 spiro atoms. The fourth-order valence-corrected chi connectivity index (χ4v) is 1.15. The monoisotopic (exact) mass is 238 g/mol. The van der Waals surface area contributed by atoms with E-state index < -0.39 is 5.97 Å². The van der Waals surface area contributed by atoms with Gasteiger partial charge in [-0.3, -0.25) is 9.59 Å². The van der Waals surface area contributed by atoms with Gasteiger partial charge in [0.25, 0.3) is 0 Å². The highest BCUT2D eigenvalue weighted by atomic mass is 16.6. The molecule has 1 aromatic rings. The Kier molecular flexibility index (Phi) is 5.00. The number of hydrogen-bond acceptors (Lipinski definition) is 5. The second kappa shape index (κ2) is 6.52. The Labute approximate surface area is 99.3 Å². The van der Waals surface area contributed by atoms with E-state index in [9.17, 15) is 9.59 Å². The van der Waals surface area contributed by atoms with E-state index in [1.807, 2.05) is 0 Å². The molecule has 0 bridgehead atoms. The maximum atomic E-state index is 10.8. The zero-order valence-corrected chi connectivity index (χ0v) is 9.76. The minimum absolute atomic E-state index is 0.156. The van der Waals surface area contributed by atoms with E-state index in [-0.39, 0.29) is 19.2 Å². The van der Waals surface area contributed by atoms with E-state index in [0.29, 0.717) is 11.5 Å². The van der Waals surface area contributed by atoms with Gasteiger partial charge in [0.05, 0.1) is 0 Å². The summed E-state index contributed by atoms with van der Waals surface area (Å²) in [6, 6.07) is 6.79. The van der Waals surface area contributed by atoms with Gasteiger partial charge in [0.15, 0.2) is 11.5 Å². The fraction of sp³-hybridized carbons (Fsp3) is 0.333. The summed E-state index contributed by atoms with van der Waals surface area (Å²) < 4.78 is 15.0. The van der Waals surface area contributed by atoms with Crippen LogP contribution in [0.3, 0.4) is 0 Å². The highest BCUT2D eigenvalue weighted by molar-refractivity contribution is 5.70. The summed E-state index contributed by atoms with van der Waals surface area (Å²) in [5.41, 5.74) is 0. The Balaban J connectivity index is 2.51. The van der Waals surface area contributed by atoms with Crippen LogP contribution in [0, 0.1) is 0 Å². The van der Waals surface area contributed by atoms with E-state index >= 15 is 0 Å².